The number of ether oxygens (including phenoxy) is 1. The monoisotopic (exact) mass is 405 g/mol. The van der Waals surface area contributed by atoms with Gasteiger partial charge in [0.2, 0.25) is 10.0 Å². The second kappa shape index (κ2) is 7.10. The van der Waals surface area contributed by atoms with Crippen LogP contribution in [-0.2, 0) is 21.3 Å². The van der Waals surface area contributed by atoms with Gasteiger partial charge >= 0.3 is 6.09 Å². The molecule has 0 spiro atoms. The second-order valence-corrected chi connectivity index (χ2v) is 9.15. The Morgan fingerprint density at radius 3 is 2.86 bits per heavy atom. The molecule has 1 aromatic heterocycles. The Hall–Kier alpha value is -2.59. The highest BCUT2D eigenvalue weighted by Crippen LogP contribution is 2.39. The number of H-pyrrole nitrogens is 1. The van der Waals surface area contributed by atoms with Crippen LogP contribution >= 0.6 is 0 Å². The van der Waals surface area contributed by atoms with E-state index in [9.17, 15) is 13.2 Å². The lowest BCUT2D eigenvalue weighted by molar-refractivity contribution is 0.0374. The van der Waals surface area contributed by atoms with Gasteiger partial charge in [0.1, 0.15) is 11.0 Å². The van der Waals surface area contributed by atoms with E-state index >= 15 is 0 Å². The maximum atomic E-state index is 12.2. The summed E-state index contributed by atoms with van der Waals surface area (Å²) in [6, 6.07) is 7.23. The molecule has 10 heteroatoms. The van der Waals surface area contributed by atoms with E-state index in [2.05, 4.69) is 25.6 Å². The number of aromatic nitrogens is 2. The molecule has 1 fully saturated rings. The zero-order valence-electron chi connectivity index (χ0n) is 15.7. The maximum Gasteiger partial charge on any atom is 0.407 e. The topological polar surface area (TPSA) is 125 Å². The number of fused-ring (bicyclic) bond motifs is 1. The van der Waals surface area contributed by atoms with Gasteiger partial charge in [0.15, 0.2) is 5.82 Å². The van der Waals surface area contributed by atoms with Gasteiger partial charge in [-0.05, 0) is 38.3 Å². The van der Waals surface area contributed by atoms with Crippen LogP contribution in [0, 0.1) is 0 Å². The number of anilines is 2. The molecule has 0 atom stereocenters. The predicted molar refractivity (Wildman–Crippen MR) is 103 cm³/mol. The molecule has 2 heterocycles. The van der Waals surface area contributed by atoms with Crippen LogP contribution in [0.25, 0.3) is 0 Å². The first-order valence-corrected chi connectivity index (χ1v) is 10.7. The molecule has 0 bridgehead atoms. The average Bonchev–Trinajstić information content (AvgIpc) is 3.15. The standard InChI is InChI=1S/C18H23N5O4S/c1-10(2)20-18(24)27-13-6-12(7-13)15-8-16(23-22-15)21-14-5-3-4-11-9-19-28(25,26)17(11)14/h3-5,8,10,12-13,19H,6-7,9H2,1-2H3,(H,20,24)(H2,21,22,23). The summed E-state index contributed by atoms with van der Waals surface area (Å²) in [6.07, 6.45) is 0.966. The molecule has 28 heavy (non-hydrogen) atoms. The van der Waals surface area contributed by atoms with E-state index in [1.165, 1.54) is 0 Å². The van der Waals surface area contributed by atoms with Gasteiger partial charge in [-0.2, -0.15) is 5.10 Å². The number of carbonyl (C=O) groups is 1. The summed E-state index contributed by atoms with van der Waals surface area (Å²) in [4.78, 5) is 11.9. The molecule has 0 unspecified atom stereocenters. The zero-order chi connectivity index (χ0) is 19.9. The van der Waals surface area contributed by atoms with Crippen LogP contribution < -0.4 is 15.4 Å². The fourth-order valence-corrected chi connectivity index (χ4v) is 4.85. The van der Waals surface area contributed by atoms with Crippen molar-refractivity contribution in [2.24, 2.45) is 0 Å². The Labute approximate surface area is 163 Å². The predicted octanol–water partition coefficient (Wildman–Crippen LogP) is 2.33. The van der Waals surface area contributed by atoms with Crippen molar-refractivity contribution in [3.8, 4) is 0 Å². The normalized spacial score (nSPS) is 22.4. The lowest BCUT2D eigenvalue weighted by Crippen LogP contribution is -2.38. The molecular formula is C18H23N5O4S. The average molecular weight is 405 g/mol. The number of rotatable bonds is 5. The highest BCUT2D eigenvalue weighted by Gasteiger charge is 2.35. The van der Waals surface area contributed by atoms with Crippen molar-refractivity contribution in [1.82, 2.24) is 20.2 Å². The van der Waals surface area contributed by atoms with Crippen LogP contribution in [0.1, 0.15) is 43.9 Å². The number of hydrogen-bond acceptors (Lipinski definition) is 6. The quantitative estimate of drug-likeness (QED) is 0.605. The molecule has 1 aliphatic heterocycles. The lowest BCUT2D eigenvalue weighted by atomic mass is 9.80. The SMILES string of the molecule is CC(C)NC(=O)OC1CC(c2cc(Nc3cccc4c3S(=O)(=O)NC4)n[nH]2)C1. The minimum absolute atomic E-state index is 0.0445. The fraction of sp³-hybridized carbons (Fsp3) is 0.444. The van der Waals surface area contributed by atoms with E-state index in [4.69, 9.17) is 4.74 Å². The minimum Gasteiger partial charge on any atom is -0.446 e. The van der Waals surface area contributed by atoms with Gasteiger partial charge in [0.05, 0.1) is 5.69 Å². The van der Waals surface area contributed by atoms with Crippen molar-refractivity contribution in [3.63, 3.8) is 0 Å². The number of nitrogens with one attached hydrogen (secondary N) is 4. The fourth-order valence-electron chi connectivity index (χ4n) is 3.47. The first-order chi connectivity index (χ1) is 13.3. The Morgan fingerprint density at radius 2 is 2.11 bits per heavy atom. The van der Waals surface area contributed by atoms with Crippen LogP contribution in [0.2, 0.25) is 0 Å². The highest BCUT2D eigenvalue weighted by atomic mass is 32.2. The number of amides is 1. The molecule has 2 aliphatic rings. The van der Waals surface area contributed by atoms with Gasteiger partial charge in [0, 0.05) is 30.3 Å². The molecule has 9 nitrogen and oxygen atoms in total. The van der Waals surface area contributed by atoms with Crippen LogP contribution in [0.15, 0.2) is 29.2 Å². The summed E-state index contributed by atoms with van der Waals surface area (Å²) in [7, 11) is -3.49. The number of aromatic amines is 1. The van der Waals surface area contributed by atoms with Crippen molar-refractivity contribution >= 4 is 27.6 Å². The van der Waals surface area contributed by atoms with E-state index in [1.807, 2.05) is 26.0 Å². The van der Waals surface area contributed by atoms with Crippen LogP contribution in [0.3, 0.4) is 0 Å². The molecule has 0 radical (unpaired) electrons. The van der Waals surface area contributed by atoms with Crippen molar-refractivity contribution in [3.05, 3.63) is 35.5 Å². The molecule has 2 aromatic rings. The van der Waals surface area contributed by atoms with Gasteiger partial charge < -0.3 is 15.4 Å². The number of hydrogen-bond donors (Lipinski definition) is 4. The smallest absolute Gasteiger partial charge is 0.407 e. The highest BCUT2D eigenvalue weighted by molar-refractivity contribution is 7.90. The first-order valence-electron chi connectivity index (χ1n) is 9.23. The molecule has 1 aliphatic carbocycles. The molecule has 0 saturated heterocycles. The number of sulfonamides is 1. The minimum atomic E-state index is -3.49. The van der Waals surface area contributed by atoms with Gasteiger partial charge in [0.25, 0.3) is 0 Å². The third-order valence-electron chi connectivity index (χ3n) is 4.89. The van der Waals surface area contributed by atoms with E-state index in [-0.39, 0.29) is 23.0 Å². The summed E-state index contributed by atoms with van der Waals surface area (Å²) < 4.78 is 32.3. The van der Waals surface area contributed by atoms with Crippen LogP contribution in [0.5, 0.6) is 0 Å². The van der Waals surface area contributed by atoms with Crippen molar-refractivity contribution in [2.75, 3.05) is 5.32 Å². The number of benzene rings is 1. The van der Waals surface area contributed by atoms with Crippen molar-refractivity contribution < 1.29 is 17.9 Å². The van der Waals surface area contributed by atoms with E-state index in [0.717, 1.165) is 24.1 Å². The van der Waals surface area contributed by atoms with Gasteiger partial charge in [-0.15, -0.1) is 0 Å². The number of carbonyl (C=O) groups excluding carboxylic acids is 1. The molecular weight excluding hydrogens is 382 g/mol. The number of nitrogens with zero attached hydrogens (tertiary/aromatic N) is 1. The van der Waals surface area contributed by atoms with Gasteiger partial charge in [-0.1, -0.05) is 12.1 Å². The molecule has 1 aromatic carbocycles. The van der Waals surface area contributed by atoms with Crippen molar-refractivity contribution in [2.45, 2.75) is 56.2 Å². The van der Waals surface area contributed by atoms with E-state index in [0.29, 0.717) is 18.1 Å². The first kappa shape index (κ1) is 18.8. The molecule has 4 rings (SSSR count). The van der Waals surface area contributed by atoms with Crippen molar-refractivity contribution in [1.29, 1.82) is 0 Å². The molecule has 1 saturated carbocycles. The Bertz CT molecular complexity index is 995. The summed E-state index contributed by atoms with van der Waals surface area (Å²) in [5, 5.41) is 13.0. The summed E-state index contributed by atoms with van der Waals surface area (Å²) >= 11 is 0. The second-order valence-electron chi connectivity index (χ2n) is 7.45. The Kier molecular flexibility index (Phi) is 4.76. The maximum absolute atomic E-state index is 12.2. The van der Waals surface area contributed by atoms with Crippen LogP contribution in [-0.4, -0.2) is 36.9 Å². The third-order valence-corrected chi connectivity index (χ3v) is 6.44. The lowest BCUT2D eigenvalue weighted by Gasteiger charge is -2.33. The van der Waals surface area contributed by atoms with Crippen LogP contribution in [0.4, 0.5) is 16.3 Å². The Morgan fingerprint density at radius 1 is 1.32 bits per heavy atom. The van der Waals surface area contributed by atoms with E-state index < -0.39 is 16.1 Å². The summed E-state index contributed by atoms with van der Waals surface area (Å²) in [5.74, 6) is 0.777. The third kappa shape index (κ3) is 3.69. The molecule has 4 N–H and O–H groups in total. The van der Waals surface area contributed by atoms with E-state index in [1.54, 1.807) is 12.1 Å². The zero-order valence-corrected chi connectivity index (χ0v) is 16.5. The largest absolute Gasteiger partial charge is 0.446 e. The van der Waals surface area contributed by atoms with Gasteiger partial charge in [-0.3, -0.25) is 5.10 Å². The van der Waals surface area contributed by atoms with Gasteiger partial charge in [-0.25, -0.2) is 17.9 Å². The molecule has 150 valence electrons. The Balaban J connectivity index is 1.38. The number of alkyl carbamates (subject to hydrolysis) is 1. The summed E-state index contributed by atoms with van der Waals surface area (Å²) in [6.45, 7) is 4.06. The molecule has 1 amide bonds. The summed E-state index contributed by atoms with van der Waals surface area (Å²) in [5.41, 5.74) is 2.17.